The lowest BCUT2D eigenvalue weighted by molar-refractivity contribution is -0.122. The number of aryl methyl sites for hydroxylation is 2. The number of aromatic nitrogens is 2. The van der Waals surface area contributed by atoms with Gasteiger partial charge in [0, 0.05) is 24.8 Å². The van der Waals surface area contributed by atoms with Crippen LogP contribution in [0.1, 0.15) is 50.2 Å². The molecule has 1 saturated carbocycles. The normalized spacial score (nSPS) is 17.9. The summed E-state index contributed by atoms with van der Waals surface area (Å²) >= 11 is 0. The molecule has 6 nitrogen and oxygen atoms in total. The molecule has 6 heteroatoms. The van der Waals surface area contributed by atoms with E-state index in [2.05, 4.69) is 15.5 Å². The molecule has 112 valence electrons. The Kier molecular flexibility index (Phi) is 5.11. The lowest BCUT2D eigenvalue weighted by atomic mass is 9.74. The number of carbonyl (C=O) groups excluding carboxylic acids is 1. The van der Waals surface area contributed by atoms with Crippen molar-refractivity contribution in [3.05, 3.63) is 11.7 Å². The van der Waals surface area contributed by atoms with Crippen LogP contribution in [0.3, 0.4) is 0 Å². The van der Waals surface area contributed by atoms with E-state index in [-0.39, 0.29) is 17.9 Å². The third-order valence-corrected chi connectivity index (χ3v) is 4.05. The van der Waals surface area contributed by atoms with E-state index in [0.717, 1.165) is 25.7 Å². The van der Waals surface area contributed by atoms with Gasteiger partial charge in [-0.3, -0.25) is 4.79 Å². The van der Waals surface area contributed by atoms with E-state index in [1.54, 1.807) is 6.92 Å². The van der Waals surface area contributed by atoms with Crippen molar-refractivity contribution in [2.24, 2.45) is 5.41 Å². The Hall–Kier alpha value is -1.43. The molecule has 0 bridgehead atoms. The van der Waals surface area contributed by atoms with Gasteiger partial charge in [-0.2, -0.15) is 4.98 Å². The van der Waals surface area contributed by atoms with Crippen molar-refractivity contribution in [2.75, 3.05) is 13.2 Å². The van der Waals surface area contributed by atoms with E-state index in [4.69, 9.17) is 4.52 Å². The number of hydrogen-bond donors (Lipinski definition) is 2. The summed E-state index contributed by atoms with van der Waals surface area (Å²) in [7, 11) is 0. The van der Waals surface area contributed by atoms with Crippen molar-refractivity contribution in [1.29, 1.82) is 0 Å². The number of carbonyl (C=O) groups is 1. The molecule has 1 aromatic rings. The molecule has 2 N–H and O–H groups in total. The summed E-state index contributed by atoms with van der Waals surface area (Å²) < 4.78 is 4.97. The van der Waals surface area contributed by atoms with E-state index in [1.165, 1.54) is 6.42 Å². The summed E-state index contributed by atoms with van der Waals surface area (Å²) in [6.07, 6.45) is 6.28. The van der Waals surface area contributed by atoms with Gasteiger partial charge in [-0.15, -0.1) is 0 Å². The highest BCUT2D eigenvalue weighted by Gasteiger charge is 2.31. The van der Waals surface area contributed by atoms with Gasteiger partial charge in [0.2, 0.25) is 11.8 Å². The van der Waals surface area contributed by atoms with Gasteiger partial charge >= 0.3 is 0 Å². The van der Waals surface area contributed by atoms with Crippen molar-refractivity contribution in [2.45, 2.75) is 51.9 Å². The largest absolute Gasteiger partial charge is 0.396 e. The molecule has 0 saturated heterocycles. The molecule has 0 radical (unpaired) electrons. The highest BCUT2D eigenvalue weighted by atomic mass is 16.5. The van der Waals surface area contributed by atoms with Crippen LogP contribution in [0.5, 0.6) is 0 Å². The molecule has 1 aliphatic rings. The van der Waals surface area contributed by atoms with E-state index in [1.807, 2.05) is 0 Å². The summed E-state index contributed by atoms with van der Waals surface area (Å²) in [5, 5.41) is 16.2. The first-order chi connectivity index (χ1) is 9.63. The van der Waals surface area contributed by atoms with Gasteiger partial charge in [0.1, 0.15) is 0 Å². The first-order valence-electron chi connectivity index (χ1n) is 7.30. The molecule has 20 heavy (non-hydrogen) atoms. The highest BCUT2D eigenvalue weighted by molar-refractivity contribution is 5.76. The van der Waals surface area contributed by atoms with Crippen LogP contribution in [0.25, 0.3) is 0 Å². The Balaban J connectivity index is 1.73. The predicted octanol–water partition coefficient (Wildman–Crippen LogP) is 1.37. The van der Waals surface area contributed by atoms with Crippen LogP contribution in [0.2, 0.25) is 0 Å². The average Bonchev–Trinajstić information content (AvgIpc) is 2.89. The second-order valence-electron chi connectivity index (χ2n) is 5.73. The maximum Gasteiger partial charge on any atom is 0.227 e. The second-order valence-corrected chi connectivity index (χ2v) is 5.73. The number of aliphatic hydroxyl groups is 1. The Morgan fingerprint density at radius 1 is 1.40 bits per heavy atom. The molecule has 1 fully saturated rings. The van der Waals surface area contributed by atoms with Gasteiger partial charge in [-0.05, 0) is 19.8 Å². The third-order valence-electron chi connectivity index (χ3n) is 4.05. The van der Waals surface area contributed by atoms with Crippen LogP contribution in [0.4, 0.5) is 0 Å². The fraction of sp³-hybridized carbons (Fsp3) is 0.786. The molecule has 2 rings (SSSR count). The third kappa shape index (κ3) is 4.03. The van der Waals surface area contributed by atoms with Crippen LogP contribution in [0, 0.1) is 12.3 Å². The summed E-state index contributed by atoms with van der Waals surface area (Å²) in [5.74, 6) is 1.05. The molecule has 1 amide bonds. The van der Waals surface area contributed by atoms with Crippen molar-refractivity contribution < 1.29 is 14.4 Å². The smallest absolute Gasteiger partial charge is 0.227 e. The van der Waals surface area contributed by atoms with Crippen LogP contribution in [-0.4, -0.2) is 34.3 Å². The van der Waals surface area contributed by atoms with Crippen LogP contribution >= 0.6 is 0 Å². The van der Waals surface area contributed by atoms with Gasteiger partial charge in [0.05, 0.1) is 6.61 Å². The molecular formula is C14H23N3O3. The SMILES string of the molecule is Cc1noc(CCC(=O)NCC2(CO)CCCCC2)n1. The van der Waals surface area contributed by atoms with Gasteiger partial charge < -0.3 is 14.9 Å². The van der Waals surface area contributed by atoms with Crippen LogP contribution in [0.15, 0.2) is 4.52 Å². The Bertz CT molecular complexity index is 439. The topological polar surface area (TPSA) is 88.2 Å². The standard InChI is InChI=1S/C14H23N3O3/c1-11-16-13(20-17-11)6-5-12(19)15-9-14(10-18)7-3-2-4-8-14/h18H,2-10H2,1H3,(H,15,19). The number of nitrogens with zero attached hydrogens (tertiary/aromatic N) is 2. The Labute approximate surface area is 118 Å². The van der Waals surface area contributed by atoms with E-state index >= 15 is 0 Å². The van der Waals surface area contributed by atoms with E-state index < -0.39 is 0 Å². The highest BCUT2D eigenvalue weighted by Crippen LogP contribution is 2.35. The van der Waals surface area contributed by atoms with Gasteiger partial charge in [-0.25, -0.2) is 0 Å². The minimum Gasteiger partial charge on any atom is -0.396 e. The molecule has 0 aliphatic heterocycles. The molecule has 1 heterocycles. The van der Waals surface area contributed by atoms with Crippen molar-refractivity contribution >= 4 is 5.91 Å². The molecule has 0 aromatic carbocycles. The first kappa shape index (κ1) is 15.0. The fourth-order valence-corrected chi connectivity index (χ4v) is 2.73. The maximum absolute atomic E-state index is 11.8. The number of amides is 1. The lowest BCUT2D eigenvalue weighted by Gasteiger charge is -2.35. The molecule has 1 aliphatic carbocycles. The van der Waals surface area contributed by atoms with Crippen LogP contribution < -0.4 is 5.32 Å². The monoisotopic (exact) mass is 281 g/mol. The zero-order chi connectivity index (χ0) is 14.4. The molecule has 0 unspecified atom stereocenters. The van der Waals surface area contributed by atoms with Crippen molar-refractivity contribution in [3.63, 3.8) is 0 Å². The van der Waals surface area contributed by atoms with E-state index in [0.29, 0.717) is 31.1 Å². The minimum absolute atomic E-state index is 0.0285. The molecule has 0 atom stereocenters. The zero-order valence-corrected chi connectivity index (χ0v) is 12.0. The quantitative estimate of drug-likeness (QED) is 0.822. The summed E-state index contributed by atoms with van der Waals surface area (Å²) in [6, 6.07) is 0. The molecular weight excluding hydrogens is 258 g/mol. The van der Waals surface area contributed by atoms with Crippen molar-refractivity contribution in [3.8, 4) is 0 Å². The summed E-state index contributed by atoms with van der Waals surface area (Å²) in [4.78, 5) is 15.9. The number of hydrogen-bond acceptors (Lipinski definition) is 5. The lowest BCUT2D eigenvalue weighted by Crippen LogP contribution is -2.41. The maximum atomic E-state index is 11.8. The predicted molar refractivity (Wildman–Crippen MR) is 73.0 cm³/mol. The van der Waals surface area contributed by atoms with Gasteiger partial charge in [0.25, 0.3) is 0 Å². The van der Waals surface area contributed by atoms with Crippen LogP contribution in [-0.2, 0) is 11.2 Å². The zero-order valence-electron chi connectivity index (χ0n) is 12.0. The summed E-state index contributed by atoms with van der Waals surface area (Å²) in [5.41, 5.74) is -0.116. The minimum atomic E-state index is -0.116. The molecule has 1 aromatic heterocycles. The number of aliphatic hydroxyl groups excluding tert-OH is 1. The van der Waals surface area contributed by atoms with Crippen molar-refractivity contribution in [1.82, 2.24) is 15.5 Å². The fourth-order valence-electron chi connectivity index (χ4n) is 2.73. The average molecular weight is 281 g/mol. The molecule has 0 spiro atoms. The first-order valence-corrected chi connectivity index (χ1v) is 7.30. The van der Waals surface area contributed by atoms with Gasteiger partial charge in [0.15, 0.2) is 5.82 Å². The Morgan fingerprint density at radius 3 is 2.75 bits per heavy atom. The van der Waals surface area contributed by atoms with Gasteiger partial charge in [-0.1, -0.05) is 24.4 Å². The Morgan fingerprint density at radius 2 is 2.15 bits per heavy atom. The summed E-state index contributed by atoms with van der Waals surface area (Å²) in [6.45, 7) is 2.46. The number of nitrogens with one attached hydrogen (secondary N) is 1. The van der Waals surface area contributed by atoms with E-state index in [9.17, 15) is 9.90 Å². The second kappa shape index (κ2) is 6.83. The number of rotatable bonds is 6.